The van der Waals surface area contributed by atoms with Crippen molar-refractivity contribution in [2.45, 2.75) is 48.9 Å². The lowest BCUT2D eigenvalue weighted by Gasteiger charge is -2.28. The third kappa shape index (κ3) is 5.49. The number of imidazole rings is 1. The largest absolute Gasteiger partial charge is 0.495 e. The van der Waals surface area contributed by atoms with Gasteiger partial charge in [-0.25, -0.2) is 4.98 Å². The van der Waals surface area contributed by atoms with Gasteiger partial charge in [-0.05, 0) is 77.6 Å². The van der Waals surface area contributed by atoms with Gasteiger partial charge in [-0.3, -0.25) is 9.71 Å². The van der Waals surface area contributed by atoms with Crippen molar-refractivity contribution in [1.82, 2.24) is 9.55 Å². The third-order valence-corrected chi connectivity index (χ3v) is 8.81. The van der Waals surface area contributed by atoms with E-state index in [2.05, 4.69) is 83.1 Å². The summed E-state index contributed by atoms with van der Waals surface area (Å²) in [5, 5.41) is 8.55. The maximum Gasteiger partial charge on any atom is 0.173 e. The van der Waals surface area contributed by atoms with Crippen molar-refractivity contribution < 1.29 is 4.74 Å². The van der Waals surface area contributed by atoms with Crippen molar-refractivity contribution in [3.63, 3.8) is 0 Å². The molecular formula is C28H31ClN3OPS2. The molecule has 3 aromatic carbocycles. The molecule has 0 aliphatic carbocycles. The molecule has 1 aromatic heterocycles. The molecule has 1 atom stereocenters. The summed E-state index contributed by atoms with van der Waals surface area (Å²) in [5.74, 6) is 1.50. The molecule has 0 spiro atoms. The SMILES string of the molecule is COc1c(C)cc(C(C)(C)c2cnc(SCc3ccc(C)c(SN)c3)n2-c2ccc(P)cc2)cc1Cl. The van der Waals surface area contributed by atoms with E-state index in [1.165, 1.54) is 23.1 Å². The molecule has 36 heavy (non-hydrogen) atoms. The lowest BCUT2D eigenvalue weighted by molar-refractivity contribution is 0.411. The molecule has 8 heteroatoms. The lowest BCUT2D eigenvalue weighted by Crippen LogP contribution is -2.23. The highest BCUT2D eigenvalue weighted by atomic mass is 35.5. The molecule has 4 nitrogen and oxygen atoms in total. The number of halogens is 1. The summed E-state index contributed by atoms with van der Waals surface area (Å²) in [4.78, 5) is 5.99. The Morgan fingerprint density at radius 3 is 2.42 bits per heavy atom. The van der Waals surface area contributed by atoms with Crippen LogP contribution in [-0.4, -0.2) is 16.7 Å². The molecule has 0 fully saturated rings. The van der Waals surface area contributed by atoms with E-state index in [0.717, 1.165) is 43.6 Å². The summed E-state index contributed by atoms with van der Waals surface area (Å²) >= 11 is 9.61. The zero-order valence-corrected chi connectivity index (χ0v) is 24.7. The minimum Gasteiger partial charge on any atom is -0.495 e. The number of thioether (sulfide) groups is 1. The number of hydrogen-bond acceptors (Lipinski definition) is 5. The average molecular weight is 556 g/mol. The molecule has 4 aromatic rings. The topological polar surface area (TPSA) is 53.1 Å². The number of benzene rings is 3. The fraction of sp³-hybridized carbons (Fsp3) is 0.250. The fourth-order valence-electron chi connectivity index (χ4n) is 4.26. The second kappa shape index (κ2) is 11.2. The minimum absolute atomic E-state index is 0.362. The fourth-order valence-corrected chi connectivity index (χ4v) is 6.20. The summed E-state index contributed by atoms with van der Waals surface area (Å²) in [7, 11) is 4.40. The number of rotatable bonds is 8. The van der Waals surface area contributed by atoms with Crippen molar-refractivity contribution in [1.29, 1.82) is 0 Å². The first-order valence-corrected chi connectivity index (χ1v) is 14.4. The van der Waals surface area contributed by atoms with Crippen LogP contribution in [0.3, 0.4) is 0 Å². The molecule has 1 unspecified atom stereocenters. The normalized spacial score (nSPS) is 11.7. The summed E-state index contributed by atoms with van der Waals surface area (Å²) < 4.78 is 7.75. The molecule has 1 heterocycles. The number of methoxy groups -OCH3 is 1. The van der Waals surface area contributed by atoms with E-state index in [1.807, 2.05) is 19.2 Å². The number of aryl methyl sites for hydroxylation is 2. The van der Waals surface area contributed by atoms with Crippen LogP contribution in [0.4, 0.5) is 0 Å². The van der Waals surface area contributed by atoms with Gasteiger partial charge in [-0.1, -0.05) is 67.5 Å². The first-order chi connectivity index (χ1) is 17.1. The smallest absolute Gasteiger partial charge is 0.173 e. The van der Waals surface area contributed by atoms with Gasteiger partial charge in [0.05, 0.1) is 24.0 Å². The third-order valence-electron chi connectivity index (χ3n) is 6.42. The Bertz CT molecular complexity index is 1360. The first-order valence-electron chi connectivity index (χ1n) is 11.5. The van der Waals surface area contributed by atoms with Gasteiger partial charge in [-0.2, -0.15) is 0 Å². The Morgan fingerprint density at radius 2 is 1.78 bits per heavy atom. The van der Waals surface area contributed by atoms with Crippen LogP contribution in [-0.2, 0) is 11.2 Å². The molecule has 0 radical (unpaired) electrons. The van der Waals surface area contributed by atoms with Gasteiger partial charge >= 0.3 is 0 Å². The number of nitrogens with two attached hydrogens (primary N) is 1. The zero-order chi connectivity index (χ0) is 26.0. The van der Waals surface area contributed by atoms with Gasteiger partial charge in [-0.15, -0.1) is 9.24 Å². The summed E-state index contributed by atoms with van der Waals surface area (Å²) in [6, 6.07) is 19.1. The van der Waals surface area contributed by atoms with E-state index in [4.69, 9.17) is 26.5 Å². The summed E-state index contributed by atoms with van der Waals surface area (Å²) in [6.45, 7) is 8.52. The van der Waals surface area contributed by atoms with Gasteiger partial charge < -0.3 is 4.74 Å². The van der Waals surface area contributed by atoms with Gasteiger partial charge in [0.15, 0.2) is 5.16 Å². The molecular weight excluding hydrogens is 525 g/mol. The Morgan fingerprint density at radius 1 is 1.06 bits per heavy atom. The average Bonchev–Trinajstić information content (AvgIpc) is 3.28. The highest BCUT2D eigenvalue weighted by Gasteiger charge is 2.30. The summed E-state index contributed by atoms with van der Waals surface area (Å²) in [5.41, 5.74) is 6.31. The molecule has 0 aliphatic rings. The van der Waals surface area contributed by atoms with E-state index < -0.39 is 0 Å². The minimum atomic E-state index is -0.362. The zero-order valence-electron chi connectivity index (χ0n) is 21.1. The number of aromatic nitrogens is 2. The maximum absolute atomic E-state index is 6.60. The molecule has 188 valence electrons. The Balaban J connectivity index is 1.78. The van der Waals surface area contributed by atoms with E-state index in [-0.39, 0.29) is 5.41 Å². The molecule has 0 aliphatic heterocycles. The van der Waals surface area contributed by atoms with Gasteiger partial charge in [0.25, 0.3) is 0 Å². The molecule has 0 saturated heterocycles. The van der Waals surface area contributed by atoms with Crippen LogP contribution in [0.25, 0.3) is 5.69 Å². The highest BCUT2D eigenvalue weighted by Crippen LogP contribution is 2.40. The maximum atomic E-state index is 6.60. The van der Waals surface area contributed by atoms with Crippen molar-refractivity contribution in [3.8, 4) is 11.4 Å². The van der Waals surface area contributed by atoms with Crippen LogP contribution in [0.15, 0.2) is 70.8 Å². The van der Waals surface area contributed by atoms with Crippen LogP contribution in [0.2, 0.25) is 5.02 Å². The molecule has 2 N–H and O–H groups in total. The number of nitrogens with zero attached hydrogens (tertiary/aromatic N) is 2. The lowest BCUT2D eigenvalue weighted by atomic mass is 9.81. The van der Waals surface area contributed by atoms with Crippen molar-refractivity contribution >= 4 is 49.9 Å². The van der Waals surface area contributed by atoms with Crippen LogP contribution in [0, 0.1) is 13.8 Å². The quantitative estimate of drug-likeness (QED) is 0.141. The van der Waals surface area contributed by atoms with E-state index >= 15 is 0 Å². The molecule has 0 saturated carbocycles. The second-order valence-electron chi connectivity index (χ2n) is 9.29. The molecule has 0 amide bonds. The molecule has 0 bridgehead atoms. The van der Waals surface area contributed by atoms with Crippen LogP contribution < -0.4 is 15.2 Å². The van der Waals surface area contributed by atoms with Gasteiger partial charge in [0.1, 0.15) is 5.75 Å². The first kappa shape index (κ1) is 27.1. The van der Waals surface area contributed by atoms with Crippen LogP contribution in [0.1, 0.15) is 41.8 Å². The highest BCUT2D eigenvalue weighted by molar-refractivity contribution is 7.98. The van der Waals surface area contributed by atoms with Gasteiger partial charge in [0.2, 0.25) is 0 Å². The second-order valence-corrected chi connectivity index (χ2v) is 12.0. The van der Waals surface area contributed by atoms with Crippen LogP contribution >= 0.6 is 44.6 Å². The van der Waals surface area contributed by atoms with E-state index in [9.17, 15) is 0 Å². The monoisotopic (exact) mass is 555 g/mol. The Hall–Kier alpha value is -1.95. The van der Waals surface area contributed by atoms with Crippen molar-refractivity contribution in [3.05, 3.63) is 93.8 Å². The van der Waals surface area contributed by atoms with Crippen molar-refractivity contribution in [2.24, 2.45) is 5.14 Å². The Kier molecular flexibility index (Phi) is 8.43. The predicted octanol–water partition coefficient (Wildman–Crippen LogP) is 7.24. The molecule has 4 rings (SSSR count). The summed E-state index contributed by atoms with van der Waals surface area (Å²) in [6.07, 6.45) is 1.99. The Labute approximate surface area is 229 Å². The number of ether oxygens (including phenoxy) is 1. The predicted molar refractivity (Wildman–Crippen MR) is 159 cm³/mol. The van der Waals surface area contributed by atoms with Crippen molar-refractivity contribution in [2.75, 3.05) is 7.11 Å². The van der Waals surface area contributed by atoms with E-state index in [0.29, 0.717) is 10.8 Å². The van der Waals surface area contributed by atoms with E-state index in [1.54, 1.807) is 18.9 Å². The van der Waals surface area contributed by atoms with Gasteiger partial charge in [0, 0.05) is 21.8 Å². The standard InChI is InChI=1S/C28H31ClN3OPS2/c1-17-6-7-19(13-24(17)36-30)16-35-27-31-15-25(32(27)21-8-10-22(34)11-9-21)28(3,4)20-12-18(2)26(33-5)23(29)14-20/h6-15H,16,30,34H2,1-5H3. The number of hydrogen-bond donors (Lipinski definition) is 1. The van der Waals surface area contributed by atoms with Crippen LogP contribution in [0.5, 0.6) is 5.75 Å².